The Hall–Kier alpha value is -4.58. The van der Waals surface area contributed by atoms with Gasteiger partial charge in [-0.25, -0.2) is 9.97 Å². The molecular formula is C44H38Br2ClN4NaO3. The van der Waals surface area contributed by atoms with Gasteiger partial charge in [-0.3, -0.25) is 15.0 Å². The van der Waals surface area contributed by atoms with Gasteiger partial charge in [0.1, 0.15) is 12.1 Å². The maximum atomic E-state index is 10.6. The first-order valence-electron chi connectivity index (χ1n) is 16.2. The van der Waals surface area contributed by atoms with Crippen molar-refractivity contribution in [2.75, 3.05) is 0 Å². The number of hydrogen-bond acceptors (Lipinski definition) is 6. The Labute approximate surface area is 367 Å². The fourth-order valence-corrected chi connectivity index (χ4v) is 5.05. The number of aldehydes is 1. The molecule has 7 rings (SSSR count). The number of ketones is 1. The van der Waals surface area contributed by atoms with E-state index in [0.29, 0.717) is 5.56 Å². The monoisotopic (exact) mass is 886 g/mol. The van der Waals surface area contributed by atoms with Crippen LogP contribution in [0.4, 0.5) is 0 Å². The number of nitrogens with one attached hydrogen (secondary N) is 1. The zero-order valence-electron chi connectivity index (χ0n) is 30.2. The van der Waals surface area contributed by atoms with E-state index in [4.69, 9.17) is 21.1 Å². The molecule has 0 amide bonds. The van der Waals surface area contributed by atoms with Crippen molar-refractivity contribution >= 4 is 62.2 Å². The maximum Gasteiger partial charge on any atom is 1.00 e. The minimum absolute atomic E-state index is 0. The molecule has 1 heterocycles. The Bertz CT molecular complexity index is 2060. The summed E-state index contributed by atoms with van der Waals surface area (Å²) in [5, 5.41) is 7.01. The van der Waals surface area contributed by atoms with Crippen LogP contribution in [0.25, 0.3) is 33.9 Å². The summed E-state index contributed by atoms with van der Waals surface area (Å²) in [4.78, 5) is 30.3. The number of carbonyl (C=O) groups is 2. The van der Waals surface area contributed by atoms with Gasteiger partial charge in [-0.05, 0) is 37.3 Å². The standard InChI is InChI=1S/C22H15BrN2.C8H8O.C7H5BrO.C7H8N2.ClH.Na.H2O/c23-19-13-11-17(12-14-19)21-15-20(16-7-3-1-4-8-16)24-22(25-21)18-9-5-2-6-10-18;1-7(9)8-5-3-2-4-6-8;8-7-3-1-6(5-9)2-4-7;8-7(9)6-4-2-1-3-5-6;;;/h1-15H;2-6H,1H3;1-5H;1-5H,(H3,8,9);1H;;1H2/q;;;;;+1;/p-1. The minimum Gasteiger partial charge on any atom is -0.870 e. The molecule has 55 heavy (non-hydrogen) atoms. The van der Waals surface area contributed by atoms with Gasteiger partial charge in [0, 0.05) is 42.3 Å². The molecule has 0 atom stereocenters. The van der Waals surface area contributed by atoms with Crippen molar-refractivity contribution in [3.63, 3.8) is 0 Å². The van der Waals surface area contributed by atoms with Crippen LogP contribution < -0.4 is 35.3 Å². The van der Waals surface area contributed by atoms with E-state index in [1.807, 2.05) is 140 Å². The smallest absolute Gasteiger partial charge is 0.870 e. The number of nitrogens with two attached hydrogens (primary N) is 1. The molecule has 0 aliphatic heterocycles. The van der Waals surface area contributed by atoms with Crippen LogP contribution in [-0.2, 0) is 0 Å². The van der Waals surface area contributed by atoms with Crippen molar-refractivity contribution in [3.05, 3.63) is 202 Å². The van der Waals surface area contributed by atoms with Crippen molar-refractivity contribution in [1.82, 2.24) is 9.97 Å². The van der Waals surface area contributed by atoms with E-state index in [-0.39, 0.29) is 59.1 Å². The van der Waals surface area contributed by atoms with Gasteiger partial charge in [0.25, 0.3) is 0 Å². The van der Waals surface area contributed by atoms with Crippen LogP contribution in [0, 0.1) is 5.41 Å². The molecular weight excluding hydrogens is 851 g/mol. The Morgan fingerprint density at radius 1 is 0.582 bits per heavy atom. The van der Waals surface area contributed by atoms with Gasteiger partial charge in [-0.15, -0.1) is 12.4 Å². The average molecular weight is 889 g/mol. The van der Waals surface area contributed by atoms with Crippen molar-refractivity contribution in [2.24, 2.45) is 5.73 Å². The van der Waals surface area contributed by atoms with E-state index >= 15 is 0 Å². The first kappa shape index (κ1) is 48.4. The van der Waals surface area contributed by atoms with Gasteiger partial charge in [0.05, 0.1) is 11.4 Å². The predicted octanol–water partition coefficient (Wildman–Crippen LogP) is 8.61. The fourth-order valence-electron chi connectivity index (χ4n) is 4.52. The van der Waals surface area contributed by atoms with Crippen LogP contribution in [-0.4, -0.2) is 33.3 Å². The first-order valence-corrected chi connectivity index (χ1v) is 17.7. The van der Waals surface area contributed by atoms with Crippen molar-refractivity contribution in [3.8, 4) is 33.9 Å². The normalized spacial score (nSPS) is 9.22. The zero-order chi connectivity index (χ0) is 37.1. The minimum atomic E-state index is 0. The predicted molar refractivity (Wildman–Crippen MR) is 229 cm³/mol. The Morgan fingerprint density at radius 3 is 1.31 bits per heavy atom. The number of amidine groups is 1. The molecule has 7 aromatic rings. The number of benzene rings is 6. The van der Waals surface area contributed by atoms with Gasteiger partial charge in [-0.2, -0.15) is 0 Å². The molecule has 0 spiro atoms. The van der Waals surface area contributed by atoms with E-state index in [1.54, 1.807) is 19.1 Å². The second-order valence-electron chi connectivity index (χ2n) is 11.1. The summed E-state index contributed by atoms with van der Waals surface area (Å²) in [6, 6.07) is 56.2. The molecule has 6 aromatic carbocycles. The number of rotatable bonds is 6. The molecule has 0 bridgehead atoms. The second kappa shape index (κ2) is 26.3. The van der Waals surface area contributed by atoms with Crippen LogP contribution in [0.3, 0.4) is 0 Å². The van der Waals surface area contributed by atoms with Gasteiger partial charge < -0.3 is 11.2 Å². The molecule has 0 radical (unpaired) electrons. The number of halogens is 3. The van der Waals surface area contributed by atoms with Gasteiger partial charge in [-0.1, -0.05) is 177 Å². The Morgan fingerprint density at radius 2 is 0.945 bits per heavy atom. The molecule has 0 aliphatic carbocycles. The van der Waals surface area contributed by atoms with Gasteiger partial charge in [0.2, 0.25) is 0 Å². The zero-order valence-corrected chi connectivity index (χ0v) is 36.2. The van der Waals surface area contributed by atoms with Crippen LogP contribution in [0.15, 0.2) is 185 Å². The van der Waals surface area contributed by atoms with E-state index in [0.717, 1.165) is 60.3 Å². The van der Waals surface area contributed by atoms with Crippen LogP contribution in [0.1, 0.15) is 33.2 Å². The number of Topliss-reactive ketones (excluding diaryl/α,β-unsaturated/α-hetero) is 1. The van der Waals surface area contributed by atoms with Crippen LogP contribution >= 0.6 is 44.3 Å². The van der Waals surface area contributed by atoms with Crippen molar-refractivity contribution in [1.29, 1.82) is 5.41 Å². The third kappa shape index (κ3) is 16.8. The molecule has 0 unspecified atom stereocenters. The number of aromatic nitrogens is 2. The Kier molecular flexibility index (Phi) is 23.1. The largest absolute Gasteiger partial charge is 1.00 e. The molecule has 4 N–H and O–H groups in total. The summed E-state index contributed by atoms with van der Waals surface area (Å²) in [7, 11) is 0. The van der Waals surface area contributed by atoms with Crippen molar-refractivity contribution in [2.45, 2.75) is 6.92 Å². The summed E-state index contributed by atoms with van der Waals surface area (Å²) >= 11 is 6.75. The Balaban J connectivity index is 0.000000418. The summed E-state index contributed by atoms with van der Waals surface area (Å²) in [5.41, 5.74) is 12.5. The number of nitrogens with zero attached hydrogens (tertiary/aromatic N) is 2. The molecule has 0 saturated heterocycles. The number of carbonyl (C=O) groups excluding carboxylic acids is 2. The average Bonchev–Trinajstić information content (AvgIpc) is 3.20. The van der Waals surface area contributed by atoms with E-state index in [2.05, 4.69) is 56.1 Å². The summed E-state index contributed by atoms with van der Waals surface area (Å²) < 4.78 is 2.05. The molecule has 0 fully saturated rings. The van der Waals surface area contributed by atoms with Crippen LogP contribution in [0.5, 0.6) is 0 Å². The molecule has 0 aliphatic rings. The summed E-state index contributed by atoms with van der Waals surface area (Å²) in [6.07, 6.45) is 0.826. The van der Waals surface area contributed by atoms with Gasteiger partial charge >= 0.3 is 29.6 Å². The van der Waals surface area contributed by atoms with E-state index < -0.39 is 0 Å². The number of nitrogen functional groups attached to an aromatic ring is 1. The quantitative estimate of drug-likeness (QED) is 0.0564. The van der Waals surface area contributed by atoms with Crippen LogP contribution in [0.2, 0.25) is 0 Å². The van der Waals surface area contributed by atoms with Gasteiger partial charge in [0.15, 0.2) is 11.6 Å². The molecule has 274 valence electrons. The maximum absolute atomic E-state index is 10.6. The summed E-state index contributed by atoms with van der Waals surface area (Å²) in [5.74, 6) is 0.978. The molecule has 1 aromatic heterocycles. The first-order chi connectivity index (χ1) is 25.2. The number of hydrogen-bond donors (Lipinski definition) is 2. The molecule has 7 nitrogen and oxygen atoms in total. The molecule has 11 heteroatoms. The van der Waals surface area contributed by atoms with E-state index in [1.165, 1.54) is 0 Å². The third-order valence-corrected chi connectivity index (χ3v) is 8.30. The summed E-state index contributed by atoms with van der Waals surface area (Å²) in [6.45, 7) is 1.56. The van der Waals surface area contributed by atoms with Crippen molar-refractivity contribution < 1.29 is 44.6 Å². The fraction of sp³-hybridized carbons (Fsp3) is 0.0227. The second-order valence-corrected chi connectivity index (χ2v) is 12.9. The molecule has 0 saturated carbocycles. The van der Waals surface area contributed by atoms with E-state index in [9.17, 15) is 9.59 Å². The SMILES string of the molecule is Brc1ccc(-c2cc(-c3ccccc3)nc(-c3ccccc3)n2)cc1.CC(=O)c1ccccc1.Cl.N=C(N)c1ccccc1.O=Cc1ccc(Br)cc1.[Na+].[OH-]. The topological polar surface area (TPSA) is 140 Å². The third-order valence-electron chi connectivity index (χ3n) is 7.24.